The highest BCUT2D eigenvalue weighted by Crippen LogP contribution is 2.27. The zero-order chi connectivity index (χ0) is 15.4. The summed E-state index contributed by atoms with van der Waals surface area (Å²) in [5.41, 5.74) is 2.28. The first-order valence-corrected chi connectivity index (χ1v) is 8.16. The third kappa shape index (κ3) is 3.36. The molecule has 0 aliphatic heterocycles. The van der Waals surface area contributed by atoms with Gasteiger partial charge in [-0.25, -0.2) is 0 Å². The fourth-order valence-electron chi connectivity index (χ4n) is 2.21. The van der Waals surface area contributed by atoms with E-state index in [9.17, 15) is 0 Å². The normalized spacial score (nSPS) is 11.0. The summed E-state index contributed by atoms with van der Waals surface area (Å²) in [7, 11) is 0. The van der Waals surface area contributed by atoms with Gasteiger partial charge >= 0.3 is 0 Å². The maximum Gasteiger partial charge on any atom is 0.192 e. The lowest BCUT2D eigenvalue weighted by Crippen LogP contribution is -2.05. The molecule has 1 aromatic carbocycles. The van der Waals surface area contributed by atoms with Gasteiger partial charge in [0.05, 0.1) is 6.54 Å². The molecule has 0 saturated carbocycles. The van der Waals surface area contributed by atoms with Crippen LogP contribution < -0.4 is 0 Å². The van der Waals surface area contributed by atoms with Gasteiger partial charge in [0.2, 0.25) is 0 Å². The van der Waals surface area contributed by atoms with Crippen LogP contribution in [0.25, 0.3) is 11.4 Å². The van der Waals surface area contributed by atoms with Crippen LogP contribution in [0.1, 0.15) is 19.4 Å². The first-order valence-electron chi connectivity index (χ1n) is 7.28. The summed E-state index contributed by atoms with van der Waals surface area (Å²) in [6.07, 6.45) is 3.57. The van der Waals surface area contributed by atoms with E-state index in [1.807, 2.05) is 18.2 Å². The van der Waals surface area contributed by atoms with Crippen molar-refractivity contribution in [2.75, 3.05) is 0 Å². The highest BCUT2D eigenvalue weighted by Gasteiger charge is 2.15. The fraction of sp³-hybridized carbons (Fsp3) is 0.235. The maximum atomic E-state index is 4.40. The second-order valence-corrected chi connectivity index (χ2v) is 6.82. The molecule has 3 aromatic rings. The Morgan fingerprint density at radius 2 is 1.73 bits per heavy atom. The molecule has 0 aliphatic rings. The van der Waals surface area contributed by atoms with Crippen LogP contribution in [-0.2, 0) is 6.54 Å². The molecule has 0 saturated heterocycles. The fourth-order valence-corrected chi connectivity index (χ4v) is 3.00. The molecule has 0 N–H and O–H groups in total. The lowest BCUT2D eigenvalue weighted by molar-refractivity contribution is 0.713. The molecule has 0 fully saturated rings. The van der Waals surface area contributed by atoms with Crippen molar-refractivity contribution in [3.63, 3.8) is 0 Å². The summed E-state index contributed by atoms with van der Waals surface area (Å²) in [5.74, 6) is 0.884. The van der Waals surface area contributed by atoms with Gasteiger partial charge in [0.15, 0.2) is 11.0 Å². The van der Waals surface area contributed by atoms with Gasteiger partial charge in [0, 0.05) is 23.2 Å². The molecule has 0 aliphatic carbocycles. The Hall–Kier alpha value is -2.14. The number of nitrogens with zero attached hydrogens (tertiary/aromatic N) is 4. The van der Waals surface area contributed by atoms with E-state index in [1.54, 1.807) is 24.2 Å². The quantitative estimate of drug-likeness (QED) is 0.671. The van der Waals surface area contributed by atoms with Crippen molar-refractivity contribution in [3.05, 3.63) is 60.4 Å². The van der Waals surface area contributed by atoms with Gasteiger partial charge in [-0.2, -0.15) is 0 Å². The van der Waals surface area contributed by atoms with E-state index >= 15 is 0 Å². The monoisotopic (exact) mass is 310 g/mol. The van der Waals surface area contributed by atoms with Gasteiger partial charge in [-0.3, -0.25) is 9.55 Å². The van der Waals surface area contributed by atoms with Crippen molar-refractivity contribution in [2.45, 2.75) is 30.8 Å². The van der Waals surface area contributed by atoms with E-state index in [2.05, 4.69) is 57.9 Å². The SMILES string of the molecule is CC(C)Sc1nnc(-c2ccncc2)n1Cc1ccccc1. The Balaban J connectivity index is 2.01. The van der Waals surface area contributed by atoms with Crippen LogP contribution in [0.4, 0.5) is 0 Å². The lowest BCUT2D eigenvalue weighted by Gasteiger charge is -2.11. The first kappa shape index (κ1) is 14.8. The minimum absolute atomic E-state index is 0.462. The van der Waals surface area contributed by atoms with Crippen molar-refractivity contribution >= 4 is 11.8 Å². The third-order valence-corrected chi connectivity index (χ3v) is 4.16. The van der Waals surface area contributed by atoms with Crippen LogP contribution in [0.2, 0.25) is 0 Å². The molecule has 3 rings (SSSR count). The molecule has 5 heteroatoms. The number of rotatable bonds is 5. The molecule has 4 nitrogen and oxygen atoms in total. The molecule has 0 bridgehead atoms. The van der Waals surface area contributed by atoms with E-state index in [0.29, 0.717) is 5.25 Å². The number of pyridine rings is 1. The molecular formula is C17H18N4S. The van der Waals surface area contributed by atoms with E-state index < -0.39 is 0 Å². The average molecular weight is 310 g/mol. The summed E-state index contributed by atoms with van der Waals surface area (Å²) in [4.78, 5) is 4.08. The predicted octanol–water partition coefficient (Wildman–Crippen LogP) is 3.89. The second kappa shape index (κ2) is 6.75. The Labute approximate surface area is 134 Å². The van der Waals surface area contributed by atoms with Crippen molar-refractivity contribution in [1.29, 1.82) is 0 Å². The lowest BCUT2D eigenvalue weighted by atomic mass is 10.2. The molecule has 0 atom stereocenters. The minimum atomic E-state index is 0.462. The van der Waals surface area contributed by atoms with Crippen molar-refractivity contribution < 1.29 is 0 Å². The summed E-state index contributed by atoms with van der Waals surface area (Å²) < 4.78 is 2.18. The first-order chi connectivity index (χ1) is 10.7. The number of hydrogen-bond acceptors (Lipinski definition) is 4. The topological polar surface area (TPSA) is 43.6 Å². The zero-order valence-corrected chi connectivity index (χ0v) is 13.5. The number of aromatic nitrogens is 4. The van der Waals surface area contributed by atoms with Crippen molar-refractivity contribution in [1.82, 2.24) is 19.7 Å². The van der Waals surface area contributed by atoms with Crippen LogP contribution in [-0.4, -0.2) is 25.0 Å². The molecule has 2 aromatic heterocycles. The summed E-state index contributed by atoms with van der Waals surface area (Å²) in [6, 6.07) is 14.3. The zero-order valence-electron chi connectivity index (χ0n) is 12.7. The Morgan fingerprint density at radius 3 is 2.41 bits per heavy atom. The predicted molar refractivity (Wildman–Crippen MR) is 89.8 cm³/mol. The van der Waals surface area contributed by atoms with Gasteiger partial charge < -0.3 is 0 Å². The van der Waals surface area contributed by atoms with Crippen LogP contribution in [0.3, 0.4) is 0 Å². The standard InChI is InChI=1S/C17H18N4S/c1-13(2)22-17-20-19-16(15-8-10-18-11-9-15)21(17)12-14-6-4-3-5-7-14/h3-11,13H,12H2,1-2H3. The smallest absolute Gasteiger partial charge is 0.192 e. The number of hydrogen-bond donors (Lipinski definition) is 0. The molecule has 0 radical (unpaired) electrons. The Morgan fingerprint density at radius 1 is 1.00 bits per heavy atom. The molecule has 112 valence electrons. The number of thioether (sulfide) groups is 1. The van der Waals surface area contributed by atoms with E-state index in [0.717, 1.165) is 23.1 Å². The highest BCUT2D eigenvalue weighted by molar-refractivity contribution is 7.99. The van der Waals surface area contributed by atoms with Gasteiger partial charge in [-0.05, 0) is 17.7 Å². The third-order valence-electron chi connectivity index (χ3n) is 3.18. The van der Waals surface area contributed by atoms with Gasteiger partial charge in [-0.15, -0.1) is 10.2 Å². The molecule has 2 heterocycles. The largest absolute Gasteiger partial charge is 0.298 e. The molecular weight excluding hydrogens is 292 g/mol. The van der Waals surface area contributed by atoms with Crippen LogP contribution >= 0.6 is 11.8 Å². The van der Waals surface area contributed by atoms with E-state index in [-0.39, 0.29) is 0 Å². The summed E-state index contributed by atoms with van der Waals surface area (Å²) in [6.45, 7) is 5.09. The molecule has 0 spiro atoms. The maximum absolute atomic E-state index is 4.40. The van der Waals surface area contributed by atoms with Crippen LogP contribution in [0, 0.1) is 0 Å². The minimum Gasteiger partial charge on any atom is -0.298 e. The Bertz CT molecular complexity index is 723. The molecule has 22 heavy (non-hydrogen) atoms. The average Bonchev–Trinajstić information content (AvgIpc) is 2.91. The summed E-state index contributed by atoms with van der Waals surface area (Å²) in [5, 5.41) is 10.2. The van der Waals surface area contributed by atoms with Crippen molar-refractivity contribution in [2.24, 2.45) is 0 Å². The van der Waals surface area contributed by atoms with Gasteiger partial charge in [0.25, 0.3) is 0 Å². The van der Waals surface area contributed by atoms with Crippen molar-refractivity contribution in [3.8, 4) is 11.4 Å². The van der Waals surface area contributed by atoms with Crippen LogP contribution in [0.5, 0.6) is 0 Å². The van der Waals surface area contributed by atoms with Gasteiger partial charge in [0.1, 0.15) is 0 Å². The molecule has 0 amide bonds. The summed E-state index contributed by atoms with van der Waals surface area (Å²) >= 11 is 1.73. The number of benzene rings is 1. The van der Waals surface area contributed by atoms with Gasteiger partial charge in [-0.1, -0.05) is 55.9 Å². The van der Waals surface area contributed by atoms with E-state index in [4.69, 9.17) is 0 Å². The molecule has 0 unspecified atom stereocenters. The Kier molecular flexibility index (Phi) is 4.53. The second-order valence-electron chi connectivity index (χ2n) is 5.28. The van der Waals surface area contributed by atoms with Crippen LogP contribution in [0.15, 0.2) is 60.0 Å². The highest BCUT2D eigenvalue weighted by atomic mass is 32.2. The van der Waals surface area contributed by atoms with E-state index in [1.165, 1.54) is 5.56 Å².